The molecule has 5 nitrogen and oxygen atoms in total. The van der Waals surface area contributed by atoms with Gasteiger partial charge in [0.25, 0.3) is 0 Å². The van der Waals surface area contributed by atoms with Gasteiger partial charge < -0.3 is 10.2 Å². The van der Waals surface area contributed by atoms with E-state index in [4.69, 9.17) is 0 Å². The minimum Gasteiger partial charge on any atom is -0.354 e. The van der Waals surface area contributed by atoms with Crippen LogP contribution in [0.4, 0.5) is 0 Å². The quantitative estimate of drug-likeness (QED) is 0.865. The van der Waals surface area contributed by atoms with Gasteiger partial charge in [-0.3, -0.25) is 14.6 Å². The van der Waals surface area contributed by atoms with Gasteiger partial charge in [-0.15, -0.1) is 0 Å². The molecule has 0 unspecified atom stereocenters. The number of amides is 2. The Hall–Kier alpha value is -1.56. The van der Waals surface area contributed by atoms with Crippen molar-refractivity contribution in [3.63, 3.8) is 0 Å². The van der Waals surface area contributed by atoms with Gasteiger partial charge in [0.2, 0.25) is 11.8 Å². The minimum absolute atomic E-state index is 0.0143. The highest BCUT2D eigenvalue weighted by atomic mass is 32.2. The third-order valence-electron chi connectivity index (χ3n) is 4.79. The van der Waals surface area contributed by atoms with E-state index in [1.807, 2.05) is 23.9 Å². The van der Waals surface area contributed by atoms with Gasteiger partial charge >= 0.3 is 0 Å². The fourth-order valence-electron chi connectivity index (χ4n) is 3.31. The van der Waals surface area contributed by atoms with E-state index in [1.165, 1.54) is 12.8 Å². The molecular weight excluding hydrogens is 310 g/mol. The highest BCUT2D eigenvalue weighted by Crippen LogP contribution is 2.48. The van der Waals surface area contributed by atoms with Crippen molar-refractivity contribution < 1.29 is 9.59 Å². The van der Waals surface area contributed by atoms with E-state index in [2.05, 4.69) is 17.2 Å². The Bertz CT molecular complexity index is 589. The molecule has 3 rings (SSSR count). The molecule has 2 fully saturated rings. The molecular formula is C17H23N3O2S. The number of hydrogen-bond donors (Lipinski definition) is 1. The van der Waals surface area contributed by atoms with Gasteiger partial charge in [0.05, 0.1) is 12.0 Å². The highest BCUT2D eigenvalue weighted by Gasteiger charge is 2.46. The van der Waals surface area contributed by atoms with Crippen molar-refractivity contribution in [3.05, 3.63) is 30.1 Å². The monoisotopic (exact) mass is 333 g/mol. The van der Waals surface area contributed by atoms with Crippen molar-refractivity contribution in [2.75, 3.05) is 19.3 Å². The van der Waals surface area contributed by atoms with Crippen LogP contribution >= 0.6 is 11.8 Å². The average molecular weight is 333 g/mol. The maximum Gasteiger partial charge on any atom is 0.226 e. The molecule has 1 aliphatic heterocycles. The van der Waals surface area contributed by atoms with Crippen LogP contribution in [-0.2, 0) is 9.59 Å². The standard InChI is InChI=1S/C17H23N3O2S/c1-3-23-17(6-7-17)11-19-16(22)13-9-14(21)20(2)15(13)12-5-4-8-18-10-12/h4-5,8,10,13,15H,3,6-7,9,11H2,1-2H3,(H,19,22)/t13-,15+/m1/s1. The summed E-state index contributed by atoms with van der Waals surface area (Å²) in [6.07, 6.45) is 6.06. The molecule has 0 radical (unpaired) electrons. The molecule has 2 aliphatic rings. The number of nitrogens with zero attached hydrogens (tertiary/aromatic N) is 2. The number of hydrogen-bond acceptors (Lipinski definition) is 4. The Morgan fingerprint density at radius 2 is 2.30 bits per heavy atom. The number of likely N-dealkylation sites (tertiary alicyclic amines) is 1. The lowest BCUT2D eigenvalue weighted by Gasteiger charge is -2.25. The molecule has 1 saturated heterocycles. The second-order valence-corrected chi connectivity index (χ2v) is 8.11. The number of nitrogens with one attached hydrogen (secondary N) is 1. The van der Waals surface area contributed by atoms with E-state index < -0.39 is 0 Å². The number of pyridine rings is 1. The van der Waals surface area contributed by atoms with Gasteiger partial charge in [-0.2, -0.15) is 11.8 Å². The molecule has 124 valence electrons. The molecule has 1 aliphatic carbocycles. The van der Waals surface area contributed by atoms with Gasteiger partial charge in [-0.25, -0.2) is 0 Å². The average Bonchev–Trinajstić information content (AvgIpc) is 3.26. The van der Waals surface area contributed by atoms with Crippen LogP contribution in [0.25, 0.3) is 0 Å². The van der Waals surface area contributed by atoms with E-state index >= 15 is 0 Å². The predicted octanol–water partition coefficient (Wildman–Crippen LogP) is 2.00. The third kappa shape index (κ3) is 3.37. The van der Waals surface area contributed by atoms with Crippen LogP contribution in [-0.4, -0.2) is 45.8 Å². The maximum atomic E-state index is 12.7. The van der Waals surface area contributed by atoms with Crippen molar-refractivity contribution >= 4 is 23.6 Å². The first kappa shape index (κ1) is 16.3. The molecule has 23 heavy (non-hydrogen) atoms. The van der Waals surface area contributed by atoms with Gasteiger partial charge in [0.1, 0.15) is 0 Å². The second kappa shape index (κ2) is 6.51. The summed E-state index contributed by atoms with van der Waals surface area (Å²) in [6.45, 7) is 2.86. The molecule has 2 atom stereocenters. The predicted molar refractivity (Wildman–Crippen MR) is 91.0 cm³/mol. The van der Waals surface area contributed by atoms with Crippen LogP contribution in [0.1, 0.15) is 37.8 Å². The molecule has 2 amide bonds. The molecule has 6 heteroatoms. The Morgan fingerprint density at radius 3 is 2.91 bits per heavy atom. The molecule has 1 N–H and O–H groups in total. The number of rotatable bonds is 6. The topological polar surface area (TPSA) is 62.3 Å². The van der Waals surface area contributed by atoms with E-state index in [0.717, 1.165) is 11.3 Å². The van der Waals surface area contributed by atoms with E-state index in [-0.39, 0.29) is 34.9 Å². The number of thioether (sulfide) groups is 1. The van der Waals surface area contributed by atoms with Crippen molar-refractivity contribution in [2.24, 2.45) is 5.92 Å². The molecule has 0 aromatic carbocycles. The normalized spacial score (nSPS) is 25.5. The van der Waals surface area contributed by atoms with Crippen LogP contribution < -0.4 is 5.32 Å². The second-order valence-electron chi connectivity index (χ2n) is 6.38. The lowest BCUT2D eigenvalue weighted by molar-refractivity contribution is -0.128. The molecule has 1 saturated carbocycles. The summed E-state index contributed by atoms with van der Waals surface area (Å²) in [5.74, 6) is 0.737. The summed E-state index contributed by atoms with van der Waals surface area (Å²) < 4.78 is 0.239. The Balaban J connectivity index is 1.69. The first-order valence-electron chi connectivity index (χ1n) is 8.13. The van der Waals surface area contributed by atoms with Crippen LogP contribution in [0.5, 0.6) is 0 Å². The molecule has 0 spiro atoms. The SMILES string of the molecule is CCSC1(CNC(=O)[C@@H]2CC(=O)N(C)[C@H]2c2cccnc2)CC1. The zero-order valence-electron chi connectivity index (χ0n) is 13.6. The van der Waals surface area contributed by atoms with Gasteiger partial charge in [-0.1, -0.05) is 13.0 Å². The van der Waals surface area contributed by atoms with E-state index in [9.17, 15) is 9.59 Å². The first-order chi connectivity index (χ1) is 11.1. The van der Waals surface area contributed by atoms with E-state index in [1.54, 1.807) is 24.3 Å². The van der Waals surface area contributed by atoms with Gasteiger partial charge in [-0.05, 0) is 30.2 Å². The first-order valence-corrected chi connectivity index (χ1v) is 9.12. The number of aromatic nitrogens is 1. The summed E-state index contributed by atoms with van der Waals surface area (Å²) in [7, 11) is 1.77. The fraction of sp³-hybridized carbons (Fsp3) is 0.588. The number of carbonyl (C=O) groups is 2. The van der Waals surface area contributed by atoms with Crippen LogP contribution in [0, 0.1) is 5.92 Å². The zero-order chi connectivity index (χ0) is 16.4. The van der Waals surface area contributed by atoms with Crippen LogP contribution in [0.3, 0.4) is 0 Å². The van der Waals surface area contributed by atoms with Crippen molar-refractivity contribution in [3.8, 4) is 0 Å². The zero-order valence-corrected chi connectivity index (χ0v) is 14.4. The lowest BCUT2D eigenvalue weighted by atomic mass is 9.94. The Kier molecular flexibility index (Phi) is 4.62. The van der Waals surface area contributed by atoms with Crippen molar-refractivity contribution in [1.29, 1.82) is 0 Å². The fourth-order valence-corrected chi connectivity index (χ4v) is 4.49. The summed E-state index contributed by atoms with van der Waals surface area (Å²) >= 11 is 1.93. The van der Waals surface area contributed by atoms with E-state index in [0.29, 0.717) is 6.54 Å². The largest absolute Gasteiger partial charge is 0.354 e. The van der Waals surface area contributed by atoms with Crippen molar-refractivity contribution in [2.45, 2.75) is 37.0 Å². The minimum atomic E-state index is -0.334. The molecule has 1 aromatic heterocycles. The van der Waals surface area contributed by atoms with Crippen LogP contribution in [0.2, 0.25) is 0 Å². The maximum absolute atomic E-state index is 12.7. The number of carbonyl (C=O) groups excluding carboxylic acids is 2. The summed E-state index contributed by atoms with van der Waals surface area (Å²) in [6, 6.07) is 3.56. The molecule has 2 heterocycles. The summed E-state index contributed by atoms with van der Waals surface area (Å²) in [5.41, 5.74) is 0.921. The van der Waals surface area contributed by atoms with Gasteiger partial charge in [0, 0.05) is 37.2 Å². The molecule has 0 bridgehead atoms. The van der Waals surface area contributed by atoms with Crippen molar-refractivity contribution in [1.82, 2.24) is 15.2 Å². The van der Waals surface area contributed by atoms with Crippen LogP contribution in [0.15, 0.2) is 24.5 Å². The Morgan fingerprint density at radius 1 is 1.52 bits per heavy atom. The smallest absolute Gasteiger partial charge is 0.226 e. The lowest BCUT2D eigenvalue weighted by Crippen LogP contribution is -2.38. The third-order valence-corrected chi connectivity index (χ3v) is 6.25. The van der Waals surface area contributed by atoms with Gasteiger partial charge in [0.15, 0.2) is 0 Å². The Labute approximate surface area is 141 Å². The summed E-state index contributed by atoms with van der Waals surface area (Å²) in [4.78, 5) is 30.6. The highest BCUT2D eigenvalue weighted by molar-refractivity contribution is 8.00. The summed E-state index contributed by atoms with van der Waals surface area (Å²) in [5, 5.41) is 3.09. The molecule has 1 aromatic rings.